The first-order valence-corrected chi connectivity index (χ1v) is 6.04. The van der Waals surface area contributed by atoms with Gasteiger partial charge in [-0.3, -0.25) is 0 Å². The molecule has 0 spiro atoms. The lowest BCUT2D eigenvalue weighted by Crippen LogP contribution is -1.96. The molecule has 2 rings (SSSR count). The summed E-state index contributed by atoms with van der Waals surface area (Å²) in [4.78, 5) is 5.21. The van der Waals surface area contributed by atoms with Gasteiger partial charge in [-0.15, -0.1) is 0 Å². The third-order valence-corrected chi connectivity index (χ3v) is 2.84. The summed E-state index contributed by atoms with van der Waals surface area (Å²) in [6.07, 6.45) is 4.98. The molecule has 0 aromatic heterocycles. The zero-order valence-electron chi connectivity index (χ0n) is 9.98. The summed E-state index contributed by atoms with van der Waals surface area (Å²) in [5, 5.41) is 3.78. The van der Waals surface area contributed by atoms with Crippen LogP contribution in [0.3, 0.4) is 0 Å². The highest BCUT2D eigenvalue weighted by atomic mass is 19.3. The Hall–Kier alpha value is -1.71. The van der Waals surface area contributed by atoms with Gasteiger partial charge in [-0.2, -0.15) is 0 Å². The number of hydrogen-bond donors (Lipinski definition) is 0. The van der Waals surface area contributed by atoms with Crippen molar-refractivity contribution in [3.63, 3.8) is 0 Å². The Balaban J connectivity index is 2.02. The Labute approximate surface area is 105 Å². The number of allylic oxidation sites excluding steroid dienone is 2. The molecule has 1 aliphatic rings. The second-order valence-electron chi connectivity index (χ2n) is 4.17. The number of oxime groups is 1. The van der Waals surface area contributed by atoms with Crippen LogP contribution in [0.2, 0.25) is 0 Å². The van der Waals surface area contributed by atoms with E-state index in [0.717, 1.165) is 25.0 Å². The Kier molecular flexibility index (Phi) is 4.45. The topological polar surface area (TPSA) is 21.6 Å². The normalized spacial score (nSPS) is 16.1. The van der Waals surface area contributed by atoms with E-state index in [2.05, 4.69) is 5.16 Å². The number of hydrogen-bond acceptors (Lipinski definition) is 2. The first kappa shape index (κ1) is 12.7. The molecule has 0 unspecified atom stereocenters. The van der Waals surface area contributed by atoms with E-state index in [1.165, 1.54) is 18.7 Å². The van der Waals surface area contributed by atoms with Crippen molar-refractivity contribution in [2.75, 3.05) is 0 Å². The van der Waals surface area contributed by atoms with Crippen molar-refractivity contribution in [3.8, 4) is 0 Å². The molecule has 0 amide bonds. The monoisotopic (exact) mass is 251 g/mol. The number of rotatable bonds is 4. The molecule has 0 saturated carbocycles. The smallest absolute Gasteiger partial charge is 0.264 e. The van der Waals surface area contributed by atoms with Crippen LogP contribution in [0.15, 0.2) is 41.3 Å². The van der Waals surface area contributed by atoms with Gasteiger partial charge < -0.3 is 4.84 Å². The molecule has 96 valence electrons. The lowest BCUT2D eigenvalue weighted by atomic mass is 10.1. The SMILES string of the molecule is FC(F)c1ccccc1C=NOC1=CCCCC1. The minimum Gasteiger partial charge on any atom is -0.362 e. The van der Waals surface area contributed by atoms with Gasteiger partial charge in [0.1, 0.15) is 5.76 Å². The van der Waals surface area contributed by atoms with E-state index in [1.807, 2.05) is 6.08 Å². The molecule has 0 radical (unpaired) electrons. The maximum atomic E-state index is 12.7. The molecule has 1 aromatic rings. The largest absolute Gasteiger partial charge is 0.362 e. The standard InChI is InChI=1S/C14H15F2NO/c15-14(16)13-9-5-4-6-11(13)10-17-18-12-7-2-1-3-8-12/h4-7,9-10,14H,1-3,8H2. The van der Waals surface area contributed by atoms with Gasteiger partial charge >= 0.3 is 0 Å². The number of nitrogens with zero attached hydrogens (tertiary/aromatic N) is 1. The molecule has 0 bridgehead atoms. The van der Waals surface area contributed by atoms with Crippen LogP contribution < -0.4 is 0 Å². The maximum absolute atomic E-state index is 12.7. The Morgan fingerprint density at radius 3 is 2.78 bits per heavy atom. The van der Waals surface area contributed by atoms with Crippen LogP contribution in [0.1, 0.15) is 43.2 Å². The third-order valence-electron chi connectivity index (χ3n) is 2.84. The van der Waals surface area contributed by atoms with Crippen molar-refractivity contribution in [2.45, 2.75) is 32.1 Å². The van der Waals surface area contributed by atoms with Crippen LogP contribution >= 0.6 is 0 Å². The fourth-order valence-corrected chi connectivity index (χ4v) is 1.87. The summed E-state index contributed by atoms with van der Waals surface area (Å²) in [7, 11) is 0. The number of benzene rings is 1. The zero-order chi connectivity index (χ0) is 12.8. The predicted molar refractivity (Wildman–Crippen MR) is 66.6 cm³/mol. The molecule has 4 heteroatoms. The fraction of sp³-hybridized carbons (Fsp3) is 0.357. The van der Waals surface area contributed by atoms with Crippen molar-refractivity contribution in [2.24, 2.45) is 5.16 Å². The molecule has 1 aromatic carbocycles. The van der Waals surface area contributed by atoms with Crippen LogP contribution in [0.25, 0.3) is 0 Å². The highest BCUT2D eigenvalue weighted by Crippen LogP contribution is 2.22. The molecule has 0 aliphatic heterocycles. The highest BCUT2D eigenvalue weighted by molar-refractivity contribution is 5.81. The second kappa shape index (κ2) is 6.28. The molecular formula is C14H15F2NO. The number of halogens is 2. The van der Waals surface area contributed by atoms with Gasteiger partial charge in [-0.25, -0.2) is 8.78 Å². The maximum Gasteiger partial charge on any atom is 0.264 e. The van der Waals surface area contributed by atoms with E-state index < -0.39 is 6.43 Å². The van der Waals surface area contributed by atoms with Crippen molar-refractivity contribution >= 4 is 6.21 Å². The molecule has 0 atom stereocenters. The summed E-state index contributed by atoms with van der Waals surface area (Å²) >= 11 is 0. The lowest BCUT2D eigenvalue weighted by Gasteiger charge is -2.09. The first-order chi connectivity index (χ1) is 8.77. The molecule has 0 heterocycles. The van der Waals surface area contributed by atoms with E-state index in [-0.39, 0.29) is 5.56 Å². The summed E-state index contributed by atoms with van der Waals surface area (Å²) in [6, 6.07) is 6.28. The quantitative estimate of drug-likeness (QED) is 0.573. The van der Waals surface area contributed by atoms with Crippen LogP contribution in [0.4, 0.5) is 8.78 Å². The highest BCUT2D eigenvalue weighted by Gasteiger charge is 2.10. The fourth-order valence-electron chi connectivity index (χ4n) is 1.87. The van der Waals surface area contributed by atoms with Crippen LogP contribution in [-0.4, -0.2) is 6.21 Å². The lowest BCUT2D eigenvalue weighted by molar-refractivity contribution is 0.151. The second-order valence-corrected chi connectivity index (χ2v) is 4.17. The van der Waals surface area contributed by atoms with E-state index in [0.29, 0.717) is 5.56 Å². The molecule has 2 nitrogen and oxygen atoms in total. The summed E-state index contributed by atoms with van der Waals surface area (Å²) in [6.45, 7) is 0. The van der Waals surface area contributed by atoms with E-state index in [9.17, 15) is 8.78 Å². The summed E-state index contributed by atoms with van der Waals surface area (Å²) in [5.74, 6) is 0.826. The zero-order valence-corrected chi connectivity index (χ0v) is 9.98. The van der Waals surface area contributed by atoms with Gasteiger partial charge in [0.25, 0.3) is 6.43 Å². The Morgan fingerprint density at radius 2 is 2.06 bits per heavy atom. The van der Waals surface area contributed by atoms with Gasteiger partial charge in [-0.05, 0) is 25.3 Å². The Bertz CT molecular complexity index is 455. The van der Waals surface area contributed by atoms with Crippen molar-refractivity contribution < 1.29 is 13.6 Å². The molecular weight excluding hydrogens is 236 g/mol. The first-order valence-electron chi connectivity index (χ1n) is 6.04. The van der Waals surface area contributed by atoms with E-state index in [4.69, 9.17) is 4.84 Å². The van der Waals surface area contributed by atoms with Crippen LogP contribution in [-0.2, 0) is 4.84 Å². The molecule has 0 fully saturated rings. The van der Waals surface area contributed by atoms with Crippen molar-refractivity contribution in [1.29, 1.82) is 0 Å². The van der Waals surface area contributed by atoms with Gasteiger partial charge in [0.15, 0.2) is 0 Å². The minimum absolute atomic E-state index is 0.0255. The van der Waals surface area contributed by atoms with Gasteiger partial charge in [0.2, 0.25) is 0 Å². The predicted octanol–water partition coefficient (Wildman–Crippen LogP) is 4.43. The van der Waals surface area contributed by atoms with Crippen molar-refractivity contribution in [1.82, 2.24) is 0 Å². The van der Waals surface area contributed by atoms with Crippen molar-refractivity contribution in [3.05, 3.63) is 47.2 Å². The molecule has 18 heavy (non-hydrogen) atoms. The van der Waals surface area contributed by atoms with Gasteiger partial charge in [0.05, 0.1) is 6.21 Å². The van der Waals surface area contributed by atoms with E-state index in [1.54, 1.807) is 18.2 Å². The average molecular weight is 251 g/mol. The minimum atomic E-state index is -2.50. The summed E-state index contributed by atoms with van der Waals surface area (Å²) < 4.78 is 25.4. The van der Waals surface area contributed by atoms with Gasteiger partial charge in [-0.1, -0.05) is 29.4 Å². The van der Waals surface area contributed by atoms with E-state index >= 15 is 0 Å². The number of alkyl halides is 2. The Morgan fingerprint density at radius 1 is 1.22 bits per heavy atom. The van der Waals surface area contributed by atoms with Gasteiger partial charge in [0, 0.05) is 17.5 Å². The van der Waals surface area contributed by atoms with Crippen LogP contribution in [0.5, 0.6) is 0 Å². The van der Waals surface area contributed by atoms with Crippen LogP contribution in [0, 0.1) is 0 Å². The molecule has 1 aliphatic carbocycles. The average Bonchev–Trinajstić information content (AvgIpc) is 2.40. The molecule has 0 saturated heterocycles. The summed E-state index contributed by atoms with van der Waals surface area (Å²) in [5.41, 5.74) is 0.367. The third kappa shape index (κ3) is 3.39. The molecule has 0 N–H and O–H groups in total.